The molecular weight excluding hydrogens is 266 g/mol. The van der Waals surface area contributed by atoms with Crippen LogP contribution in [0.3, 0.4) is 0 Å². The molecule has 106 valence electrons. The Hall–Kier alpha value is -1.40. The number of hydrogen-bond acceptors (Lipinski definition) is 3. The molecule has 1 aromatic carbocycles. The maximum Gasteiger partial charge on any atom is 0.335 e. The number of rotatable bonds is 7. The molecule has 0 fully saturated rings. The fraction of sp³-hybridized carbons (Fsp3) is 0.462. The van der Waals surface area contributed by atoms with Crippen molar-refractivity contribution in [3.05, 3.63) is 35.4 Å². The van der Waals surface area contributed by atoms with E-state index in [1.165, 1.54) is 24.3 Å². The van der Waals surface area contributed by atoms with Gasteiger partial charge >= 0.3 is 5.97 Å². The van der Waals surface area contributed by atoms with E-state index in [2.05, 4.69) is 4.72 Å². The number of hydrogen-bond donors (Lipinski definition) is 2. The average molecular weight is 285 g/mol. The fourth-order valence-corrected chi connectivity index (χ4v) is 2.68. The normalized spacial score (nSPS) is 11.7. The smallest absolute Gasteiger partial charge is 0.335 e. The third kappa shape index (κ3) is 5.85. The summed E-state index contributed by atoms with van der Waals surface area (Å²) in [4.78, 5) is 10.7. The number of carboxylic acid groups (broad SMARTS) is 1. The molecule has 0 aromatic heterocycles. The minimum Gasteiger partial charge on any atom is -0.478 e. The summed E-state index contributed by atoms with van der Waals surface area (Å²) in [6, 6.07) is 5.85. The van der Waals surface area contributed by atoms with Crippen molar-refractivity contribution in [2.24, 2.45) is 5.92 Å². The van der Waals surface area contributed by atoms with Gasteiger partial charge < -0.3 is 5.11 Å². The Labute approximate surface area is 113 Å². The molecule has 2 N–H and O–H groups in total. The summed E-state index contributed by atoms with van der Waals surface area (Å²) in [7, 11) is -3.36. The van der Waals surface area contributed by atoms with E-state index < -0.39 is 16.0 Å². The van der Waals surface area contributed by atoms with E-state index >= 15 is 0 Å². The number of benzene rings is 1. The van der Waals surface area contributed by atoms with Crippen LogP contribution in [-0.4, -0.2) is 26.0 Å². The molecule has 0 bridgehead atoms. The Morgan fingerprint density at radius 3 is 2.32 bits per heavy atom. The highest BCUT2D eigenvalue weighted by Gasteiger charge is 2.11. The first kappa shape index (κ1) is 15.7. The van der Waals surface area contributed by atoms with Crippen LogP contribution in [0.25, 0.3) is 0 Å². The van der Waals surface area contributed by atoms with Crippen molar-refractivity contribution in [2.75, 3.05) is 6.54 Å². The van der Waals surface area contributed by atoms with Gasteiger partial charge in [0.25, 0.3) is 0 Å². The molecule has 0 heterocycles. The molecule has 0 aliphatic heterocycles. The predicted molar refractivity (Wildman–Crippen MR) is 73.5 cm³/mol. The van der Waals surface area contributed by atoms with Crippen molar-refractivity contribution in [1.29, 1.82) is 0 Å². The first-order valence-electron chi connectivity index (χ1n) is 6.10. The zero-order chi connectivity index (χ0) is 14.5. The molecule has 0 atom stereocenters. The Kier molecular flexibility index (Phi) is 5.50. The van der Waals surface area contributed by atoms with Gasteiger partial charge in [-0.1, -0.05) is 26.0 Å². The molecule has 5 nitrogen and oxygen atoms in total. The van der Waals surface area contributed by atoms with E-state index in [1.54, 1.807) is 0 Å². The summed E-state index contributed by atoms with van der Waals surface area (Å²) in [5, 5.41) is 8.75. The molecule has 1 aromatic rings. The Balaban J connectivity index is 2.60. The molecule has 0 amide bonds. The lowest BCUT2D eigenvalue weighted by Crippen LogP contribution is -2.26. The van der Waals surface area contributed by atoms with E-state index in [0.717, 1.165) is 6.42 Å². The number of aromatic carboxylic acids is 1. The zero-order valence-electron chi connectivity index (χ0n) is 11.1. The lowest BCUT2D eigenvalue weighted by Gasteiger charge is -2.08. The highest BCUT2D eigenvalue weighted by atomic mass is 32.2. The van der Waals surface area contributed by atoms with Gasteiger partial charge in [0, 0.05) is 6.54 Å². The third-order valence-electron chi connectivity index (χ3n) is 2.60. The van der Waals surface area contributed by atoms with Crippen LogP contribution >= 0.6 is 0 Å². The lowest BCUT2D eigenvalue weighted by atomic mass is 10.1. The van der Waals surface area contributed by atoms with Gasteiger partial charge in [-0.3, -0.25) is 0 Å². The Morgan fingerprint density at radius 1 is 1.26 bits per heavy atom. The molecule has 0 aliphatic carbocycles. The summed E-state index contributed by atoms with van der Waals surface area (Å²) in [5.74, 6) is -0.715. The van der Waals surface area contributed by atoms with Crippen molar-refractivity contribution >= 4 is 16.0 Å². The van der Waals surface area contributed by atoms with E-state index in [4.69, 9.17) is 5.11 Å². The van der Waals surface area contributed by atoms with E-state index in [1.807, 2.05) is 13.8 Å². The summed E-state index contributed by atoms with van der Waals surface area (Å²) in [6.07, 6.45) is 0.789. The summed E-state index contributed by atoms with van der Waals surface area (Å²) < 4.78 is 26.1. The van der Waals surface area contributed by atoms with Crippen LogP contribution in [0.2, 0.25) is 0 Å². The van der Waals surface area contributed by atoms with Gasteiger partial charge in [0.1, 0.15) is 0 Å². The molecule has 0 aliphatic rings. The molecule has 1 rings (SSSR count). The van der Waals surface area contributed by atoms with Gasteiger partial charge in [0.15, 0.2) is 0 Å². The number of sulfonamides is 1. The van der Waals surface area contributed by atoms with Crippen LogP contribution in [-0.2, 0) is 15.8 Å². The van der Waals surface area contributed by atoms with Crippen LogP contribution in [0.4, 0.5) is 0 Å². The van der Waals surface area contributed by atoms with Crippen molar-refractivity contribution in [1.82, 2.24) is 4.72 Å². The van der Waals surface area contributed by atoms with E-state index in [9.17, 15) is 13.2 Å². The highest BCUT2D eigenvalue weighted by Crippen LogP contribution is 2.08. The van der Waals surface area contributed by atoms with Gasteiger partial charge in [-0.25, -0.2) is 17.9 Å². The molecule has 6 heteroatoms. The first-order chi connectivity index (χ1) is 8.80. The van der Waals surface area contributed by atoms with Crippen molar-refractivity contribution in [3.8, 4) is 0 Å². The van der Waals surface area contributed by atoms with Crippen LogP contribution in [0.5, 0.6) is 0 Å². The number of nitrogens with one attached hydrogen (secondary N) is 1. The summed E-state index contributed by atoms with van der Waals surface area (Å²) in [6.45, 7) is 4.48. The second-order valence-corrected chi connectivity index (χ2v) is 6.64. The largest absolute Gasteiger partial charge is 0.478 e. The fourth-order valence-electron chi connectivity index (χ4n) is 1.52. The molecule has 0 saturated carbocycles. The average Bonchev–Trinajstić information content (AvgIpc) is 2.28. The maximum absolute atomic E-state index is 11.8. The standard InChI is InChI=1S/C13H19NO4S/c1-10(2)7-8-14-19(17,18)9-11-3-5-12(6-4-11)13(15)16/h3-6,10,14H,7-9H2,1-2H3,(H,15,16). The Bertz CT molecular complexity index is 520. The molecule has 0 saturated heterocycles. The van der Waals surface area contributed by atoms with Crippen LogP contribution in [0, 0.1) is 5.92 Å². The molecule has 0 spiro atoms. The summed E-state index contributed by atoms with van der Waals surface area (Å²) in [5.41, 5.74) is 0.718. The second kappa shape index (κ2) is 6.68. The molecule has 0 unspecified atom stereocenters. The minimum absolute atomic E-state index is 0.134. The van der Waals surface area contributed by atoms with Gasteiger partial charge in [-0.05, 0) is 30.0 Å². The lowest BCUT2D eigenvalue weighted by molar-refractivity contribution is 0.0697. The molecule has 0 radical (unpaired) electrons. The van der Waals surface area contributed by atoms with Gasteiger partial charge in [0.2, 0.25) is 10.0 Å². The van der Waals surface area contributed by atoms with Gasteiger partial charge in [-0.15, -0.1) is 0 Å². The number of carbonyl (C=O) groups is 1. The van der Waals surface area contributed by atoms with Gasteiger partial charge in [-0.2, -0.15) is 0 Å². The van der Waals surface area contributed by atoms with E-state index in [-0.39, 0.29) is 11.3 Å². The minimum atomic E-state index is -3.36. The quantitative estimate of drug-likeness (QED) is 0.801. The van der Waals surface area contributed by atoms with Crippen molar-refractivity contribution in [2.45, 2.75) is 26.0 Å². The maximum atomic E-state index is 11.8. The summed E-state index contributed by atoms with van der Waals surface area (Å²) >= 11 is 0. The Morgan fingerprint density at radius 2 is 1.84 bits per heavy atom. The molecular formula is C13H19NO4S. The third-order valence-corrected chi connectivity index (χ3v) is 3.96. The topological polar surface area (TPSA) is 83.5 Å². The van der Waals surface area contributed by atoms with Crippen LogP contribution in [0.1, 0.15) is 36.2 Å². The zero-order valence-corrected chi connectivity index (χ0v) is 11.9. The first-order valence-corrected chi connectivity index (χ1v) is 7.75. The predicted octanol–water partition coefficient (Wildman–Crippen LogP) is 1.85. The van der Waals surface area contributed by atoms with Crippen LogP contribution in [0.15, 0.2) is 24.3 Å². The monoisotopic (exact) mass is 285 g/mol. The highest BCUT2D eigenvalue weighted by molar-refractivity contribution is 7.88. The van der Waals surface area contributed by atoms with Crippen molar-refractivity contribution < 1.29 is 18.3 Å². The molecule has 19 heavy (non-hydrogen) atoms. The van der Waals surface area contributed by atoms with E-state index in [0.29, 0.717) is 18.0 Å². The number of carboxylic acids is 1. The van der Waals surface area contributed by atoms with Crippen LogP contribution < -0.4 is 4.72 Å². The van der Waals surface area contributed by atoms with Gasteiger partial charge in [0.05, 0.1) is 11.3 Å². The second-order valence-electron chi connectivity index (χ2n) is 4.84. The SMILES string of the molecule is CC(C)CCNS(=O)(=O)Cc1ccc(C(=O)O)cc1. The van der Waals surface area contributed by atoms with Crippen molar-refractivity contribution in [3.63, 3.8) is 0 Å².